The average molecular weight is 421 g/mol. The fourth-order valence-electron chi connectivity index (χ4n) is 3.74. The van der Waals surface area contributed by atoms with Crippen LogP contribution in [0.25, 0.3) is 0 Å². The molecule has 0 radical (unpaired) electrons. The van der Waals surface area contributed by atoms with E-state index in [1.54, 1.807) is 11.3 Å². The van der Waals surface area contributed by atoms with Gasteiger partial charge < -0.3 is 5.32 Å². The average Bonchev–Trinajstić information content (AvgIpc) is 3.45. The molecule has 152 valence electrons. The third kappa shape index (κ3) is 5.32. The number of amides is 1. The topological polar surface area (TPSA) is 57.3 Å². The normalized spacial score (nSPS) is 17.4. The highest BCUT2D eigenvalue weighted by Crippen LogP contribution is 2.32. The van der Waals surface area contributed by atoms with Crippen LogP contribution in [0.3, 0.4) is 0 Å². The number of benzene rings is 1. The van der Waals surface area contributed by atoms with Crippen LogP contribution in [-0.2, 0) is 6.54 Å². The summed E-state index contributed by atoms with van der Waals surface area (Å²) >= 11 is 1.61. The zero-order chi connectivity index (χ0) is 18.6. The number of nitrogens with one attached hydrogen (secondary N) is 2. The maximum atomic E-state index is 12.5. The number of hydrogen-bond acceptors (Lipinski definition) is 5. The van der Waals surface area contributed by atoms with E-state index < -0.39 is 0 Å². The van der Waals surface area contributed by atoms with E-state index in [1.165, 1.54) is 23.3 Å². The molecule has 0 spiro atoms. The zero-order valence-corrected chi connectivity index (χ0v) is 18.0. The minimum Gasteiger partial charge on any atom is -0.317 e. The number of carbonyl (C=O) groups excluding carboxylic acids is 1. The second-order valence-electron chi connectivity index (χ2n) is 7.54. The number of anilines is 1. The van der Waals surface area contributed by atoms with Gasteiger partial charge in [0.1, 0.15) is 0 Å². The summed E-state index contributed by atoms with van der Waals surface area (Å²) in [5.74, 6) is 0.490. The van der Waals surface area contributed by atoms with Crippen molar-refractivity contribution in [2.24, 2.45) is 0 Å². The van der Waals surface area contributed by atoms with Crippen LogP contribution in [-0.4, -0.2) is 41.5 Å². The Kier molecular flexibility index (Phi) is 7.46. The molecule has 2 aliphatic rings. The van der Waals surface area contributed by atoms with Gasteiger partial charge in [0, 0.05) is 29.2 Å². The molecule has 2 heterocycles. The highest BCUT2D eigenvalue weighted by Gasteiger charge is 2.27. The Morgan fingerprint density at radius 2 is 1.93 bits per heavy atom. The second-order valence-corrected chi connectivity index (χ2v) is 8.60. The Balaban J connectivity index is 0.00000225. The van der Waals surface area contributed by atoms with Crippen LogP contribution in [0.5, 0.6) is 0 Å². The maximum Gasteiger partial charge on any atom is 0.257 e. The number of aromatic nitrogens is 1. The van der Waals surface area contributed by atoms with Crippen LogP contribution < -0.4 is 10.6 Å². The summed E-state index contributed by atoms with van der Waals surface area (Å²) < 4.78 is 0. The highest BCUT2D eigenvalue weighted by molar-refractivity contribution is 7.15. The summed E-state index contributed by atoms with van der Waals surface area (Å²) in [6, 6.07) is 8.75. The molecule has 5 nitrogen and oxygen atoms in total. The Bertz CT molecular complexity index is 769. The molecule has 2 aromatic rings. The molecular formula is C21H29ClN4OS. The smallest absolute Gasteiger partial charge is 0.257 e. The third-order valence-electron chi connectivity index (χ3n) is 5.56. The molecule has 1 aromatic heterocycles. The number of nitrogens with zero attached hydrogens (tertiary/aromatic N) is 2. The van der Waals surface area contributed by atoms with Gasteiger partial charge in [0.25, 0.3) is 5.91 Å². The molecule has 2 N–H and O–H groups in total. The molecule has 7 heteroatoms. The van der Waals surface area contributed by atoms with Crippen molar-refractivity contribution in [1.82, 2.24) is 15.2 Å². The lowest BCUT2D eigenvalue weighted by Crippen LogP contribution is -2.26. The van der Waals surface area contributed by atoms with Crippen molar-refractivity contribution in [2.75, 3.05) is 25.0 Å². The second kappa shape index (κ2) is 9.83. The number of halogens is 1. The van der Waals surface area contributed by atoms with Gasteiger partial charge in [0.05, 0.1) is 0 Å². The SMILES string of the molecule is CCN(Cc1ccc(C(=O)Nc2ncc(C3CCNCC3)s2)cc1)C1CC1.Cl. The van der Waals surface area contributed by atoms with Gasteiger partial charge in [0.15, 0.2) is 5.13 Å². The first-order chi connectivity index (χ1) is 13.2. The number of thiazole rings is 1. The van der Waals surface area contributed by atoms with E-state index in [1.807, 2.05) is 18.3 Å². The molecule has 28 heavy (non-hydrogen) atoms. The van der Waals surface area contributed by atoms with E-state index in [0.29, 0.717) is 16.6 Å². The van der Waals surface area contributed by atoms with E-state index in [4.69, 9.17) is 0 Å². The Hall–Kier alpha value is -1.47. The lowest BCUT2D eigenvalue weighted by molar-refractivity contribution is 0.102. The Morgan fingerprint density at radius 1 is 1.21 bits per heavy atom. The van der Waals surface area contributed by atoms with Crippen LogP contribution in [0, 0.1) is 0 Å². The molecule has 1 saturated carbocycles. The van der Waals surface area contributed by atoms with Gasteiger partial charge in [-0.25, -0.2) is 4.98 Å². The van der Waals surface area contributed by atoms with Crippen molar-refractivity contribution in [3.63, 3.8) is 0 Å². The summed E-state index contributed by atoms with van der Waals surface area (Å²) in [5, 5.41) is 7.04. The zero-order valence-electron chi connectivity index (χ0n) is 16.3. The molecule has 1 saturated heterocycles. The molecule has 1 amide bonds. The first-order valence-corrected chi connectivity index (χ1v) is 10.9. The van der Waals surface area contributed by atoms with Gasteiger partial charge in [-0.2, -0.15) is 0 Å². The summed E-state index contributed by atoms with van der Waals surface area (Å²) in [5.41, 5.74) is 1.95. The quantitative estimate of drug-likeness (QED) is 0.702. The maximum absolute atomic E-state index is 12.5. The fraction of sp³-hybridized carbons (Fsp3) is 0.524. The molecule has 1 aliphatic carbocycles. The van der Waals surface area contributed by atoms with E-state index in [0.717, 1.165) is 45.1 Å². The van der Waals surface area contributed by atoms with Gasteiger partial charge >= 0.3 is 0 Å². The van der Waals surface area contributed by atoms with Crippen molar-refractivity contribution >= 4 is 34.8 Å². The summed E-state index contributed by atoms with van der Waals surface area (Å²) in [7, 11) is 0. The lowest BCUT2D eigenvalue weighted by atomic mass is 9.97. The minimum absolute atomic E-state index is 0. The predicted octanol–water partition coefficient (Wildman–Crippen LogP) is 4.27. The largest absolute Gasteiger partial charge is 0.317 e. The van der Waals surface area contributed by atoms with E-state index in [2.05, 4.69) is 39.6 Å². The fourth-order valence-corrected chi connectivity index (χ4v) is 4.72. The van der Waals surface area contributed by atoms with E-state index in [-0.39, 0.29) is 18.3 Å². The molecule has 1 aromatic carbocycles. The van der Waals surface area contributed by atoms with Crippen LogP contribution in [0.4, 0.5) is 5.13 Å². The number of piperidine rings is 1. The predicted molar refractivity (Wildman–Crippen MR) is 118 cm³/mol. The lowest BCUT2D eigenvalue weighted by Gasteiger charge is -2.20. The van der Waals surface area contributed by atoms with Gasteiger partial charge in [-0.1, -0.05) is 19.1 Å². The van der Waals surface area contributed by atoms with Gasteiger partial charge in [-0.15, -0.1) is 23.7 Å². The van der Waals surface area contributed by atoms with Gasteiger partial charge in [-0.3, -0.25) is 15.0 Å². The van der Waals surface area contributed by atoms with Crippen LogP contribution >= 0.6 is 23.7 Å². The van der Waals surface area contributed by atoms with Crippen molar-refractivity contribution in [1.29, 1.82) is 0 Å². The summed E-state index contributed by atoms with van der Waals surface area (Å²) in [4.78, 5) is 20.7. The summed E-state index contributed by atoms with van der Waals surface area (Å²) in [6.07, 6.45) is 6.86. The molecule has 0 bridgehead atoms. The van der Waals surface area contributed by atoms with Crippen molar-refractivity contribution in [3.05, 3.63) is 46.5 Å². The molecule has 2 fully saturated rings. The van der Waals surface area contributed by atoms with Crippen LogP contribution in [0.1, 0.15) is 59.3 Å². The summed E-state index contributed by atoms with van der Waals surface area (Å²) in [6.45, 7) is 6.39. The first-order valence-electron chi connectivity index (χ1n) is 10.0. The number of rotatable bonds is 7. The number of carbonyl (C=O) groups is 1. The monoisotopic (exact) mass is 420 g/mol. The van der Waals surface area contributed by atoms with Crippen LogP contribution in [0.2, 0.25) is 0 Å². The van der Waals surface area contributed by atoms with Crippen molar-refractivity contribution in [3.8, 4) is 0 Å². The minimum atomic E-state index is -0.0812. The standard InChI is InChI=1S/C21H28N4OS.ClH/c1-2-25(18-7-8-18)14-15-3-5-17(6-4-15)20(26)24-21-23-13-19(27-21)16-9-11-22-12-10-16;/h3-6,13,16,18,22H,2,7-12,14H2,1H3,(H,23,24,26);1H. The van der Waals surface area contributed by atoms with Crippen molar-refractivity contribution < 1.29 is 4.79 Å². The van der Waals surface area contributed by atoms with Gasteiger partial charge in [-0.05, 0) is 68.9 Å². The molecule has 4 rings (SSSR count). The Morgan fingerprint density at radius 3 is 2.57 bits per heavy atom. The molecule has 1 aliphatic heterocycles. The highest BCUT2D eigenvalue weighted by atomic mass is 35.5. The molecule has 0 unspecified atom stereocenters. The number of hydrogen-bond donors (Lipinski definition) is 2. The van der Waals surface area contributed by atoms with E-state index in [9.17, 15) is 4.79 Å². The van der Waals surface area contributed by atoms with Gasteiger partial charge in [0.2, 0.25) is 0 Å². The van der Waals surface area contributed by atoms with Crippen molar-refractivity contribution in [2.45, 2.75) is 51.1 Å². The van der Waals surface area contributed by atoms with E-state index >= 15 is 0 Å². The molecular weight excluding hydrogens is 392 g/mol. The Labute approximate surface area is 177 Å². The molecule has 0 atom stereocenters. The third-order valence-corrected chi connectivity index (χ3v) is 6.63. The van der Waals surface area contributed by atoms with Crippen LogP contribution in [0.15, 0.2) is 30.5 Å². The first kappa shape index (κ1) is 21.2.